The van der Waals surface area contributed by atoms with Crippen molar-refractivity contribution in [3.8, 4) is 0 Å². The molecule has 0 aliphatic heterocycles. The molecule has 0 radical (unpaired) electrons. The molecule has 0 spiro atoms. The van der Waals surface area contributed by atoms with Gasteiger partial charge in [0.1, 0.15) is 0 Å². The highest BCUT2D eigenvalue weighted by molar-refractivity contribution is 7.88. The van der Waals surface area contributed by atoms with E-state index in [4.69, 9.17) is 22.8 Å². The third-order valence-electron chi connectivity index (χ3n) is 0.958. The monoisotopic (exact) mass is 216 g/mol. The summed E-state index contributed by atoms with van der Waals surface area (Å²) in [5.74, 6) is -0.741. The van der Waals surface area contributed by atoms with Crippen LogP contribution in [0.3, 0.4) is 0 Å². The Bertz CT molecular complexity index is 220. The van der Waals surface area contributed by atoms with Gasteiger partial charge in [-0.2, -0.15) is 0 Å². The van der Waals surface area contributed by atoms with Crippen LogP contribution < -0.4 is 0 Å². The minimum Gasteiger partial charge on any atom is -0.307 e. The summed E-state index contributed by atoms with van der Waals surface area (Å²) in [5.41, 5.74) is 0. The van der Waals surface area contributed by atoms with Crippen molar-refractivity contribution in [2.45, 2.75) is 6.42 Å². The molecule has 1 atom stereocenters. The fourth-order valence-electron chi connectivity index (χ4n) is 0.400. The van der Waals surface area contributed by atoms with Crippen molar-refractivity contribution in [1.29, 1.82) is 0 Å². The summed E-state index contributed by atoms with van der Waals surface area (Å²) in [6, 6.07) is 0. The molecule has 0 N–H and O–H groups in total. The highest BCUT2D eigenvalue weighted by Gasteiger charge is 2.16. The van der Waals surface area contributed by atoms with Crippen LogP contribution >= 0.6 is 29.3 Å². The van der Waals surface area contributed by atoms with Crippen molar-refractivity contribution in [2.24, 2.45) is 0 Å². The van der Waals surface area contributed by atoms with Crippen LogP contribution in [-0.2, 0) is 14.2 Å². The van der Waals surface area contributed by atoms with Gasteiger partial charge in [0.2, 0.25) is 5.78 Å². The van der Waals surface area contributed by atoms with Gasteiger partial charge in [-0.05, 0) is 11.6 Å². The van der Waals surface area contributed by atoms with Gasteiger partial charge in [-0.1, -0.05) is 11.2 Å². The standard InChI is InChI=1S/C5H7Cl2O3P/c1-11(7,10)3-2-4(8)5(6)9/h2-3H2,1H3. The molecule has 0 heterocycles. The molecule has 0 amide bonds. The summed E-state index contributed by atoms with van der Waals surface area (Å²) in [7, 11) is 0. The molecule has 0 aromatic carbocycles. The first kappa shape index (κ1) is 11.2. The molecule has 0 aliphatic rings. The minimum absolute atomic E-state index is 0.0197. The van der Waals surface area contributed by atoms with Crippen molar-refractivity contribution in [2.75, 3.05) is 12.8 Å². The second-order valence-corrected chi connectivity index (χ2v) is 7.06. The predicted octanol–water partition coefficient (Wildman–Crippen LogP) is 1.86. The van der Waals surface area contributed by atoms with Crippen LogP contribution in [0.25, 0.3) is 0 Å². The molecule has 0 aromatic heterocycles. The van der Waals surface area contributed by atoms with Crippen LogP contribution in [-0.4, -0.2) is 23.9 Å². The Morgan fingerprint density at radius 1 is 1.45 bits per heavy atom. The van der Waals surface area contributed by atoms with Crippen molar-refractivity contribution >= 4 is 40.4 Å². The number of hydrogen-bond donors (Lipinski definition) is 0. The van der Waals surface area contributed by atoms with Gasteiger partial charge < -0.3 is 4.57 Å². The SMILES string of the molecule is CP(=O)(Cl)CCC(=O)C(=O)Cl. The lowest BCUT2D eigenvalue weighted by molar-refractivity contribution is -0.131. The van der Waals surface area contributed by atoms with E-state index < -0.39 is 17.5 Å². The van der Waals surface area contributed by atoms with E-state index in [9.17, 15) is 14.2 Å². The van der Waals surface area contributed by atoms with Gasteiger partial charge in [-0.25, -0.2) is 0 Å². The van der Waals surface area contributed by atoms with Gasteiger partial charge in [-0.15, -0.1) is 0 Å². The van der Waals surface area contributed by atoms with E-state index in [1.165, 1.54) is 6.66 Å². The molecule has 0 rings (SSSR count). The number of ketones is 1. The Hall–Kier alpha value is 0.150. The first-order valence-electron chi connectivity index (χ1n) is 2.82. The second-order valence-electron chi connectivity index (χ2n) is 2.16. The Morgan fingerprint density at radius 2 is 1.91 bits per heavy atom. The Labute approximate surface area is 74.2 Å². The van der Waals surface area contributed by atoms with Crippen LogP contribution in [0.4, 0.5) is 0 Å². The number of Topliss-reactive ketones (excluding diaryl/α,β-unsaturated/α-hetero) is 1. The normalized spacial score (nSPS) is 15.5. The number of carbonyl (C=O) groups excluding carboxylic acids is 2. The average Bonchev–Trinajstić information content (AvgIpc) is 1.80. The summed E-state index contributed by atoms with van der Waals surface area (Å²) >= 11 is 10.2. The van der Waals surface area contributed by atoms with E-state index in [0.29, 0.717) is 0 Å². The number of rotatable bonds is 4. The summed E-state index contributed by atoms with van der Waals surface area (Å²) in [4.78, 5) is 20.7. The lowest BCUT2D eigenvalue weighted by atomic mass is 10.3. The molecule has 11 heavy (non-hydrogen) atoms. The van der Waals surface area contributed by atoms with E-state index >= 15 is 0 Å². The number of halogens is 2. The van der Waals surface area contributed by atoms with Crippen molar-refractivity contribution < 1.29 is 14.2 Å². The summed E-state index contributed by atoms with van der Waals surface area (Å²) in [6.45, 7) is -1.38. The van der Waals surface area contributed by atoms with Crippen LogP contribution in [0, 0.1) is 0 Å². The van der Waals surface area contributed by atoms with E-state index in [0.717, 1.165) is 0 Å². The summed E-state index contributed by atoms with van der Waals surface area (Å²) < 4.78 is 10.8. The fraction of sp³-hybridized carbons (Fsp3) is 0.600. The summed E-state index contributed by atoms with van der Waals surface area (Å²) in [5, 5.41) is -1.03. The topological polar surface area (TPSA) is 51.2 Å². The highest BCUT2D eigenvalue weighted by atomic mass is 35.7. The molecule has 3 nitrogen and oxygen atoms in total. The maximum atomic E-state index is 10.8. The molecule has 0 fully saturated rings. The van der Waals surface area contributed by atoms with Gasteiger partial charge in [0.15, 0.2) is 6.49 Å². The molecule has 0 saturated heterocycles. The van der Waals surface area contributed by atoms with Crippen molar-refractivity contribution in [3.05, 3.63) is 0 Å². The van der Waals surface area contributed by atoms with Crippen LogP contribution in [0.2, 0.25) is 0 Å². The van der Waals surface area contributed by atoms with Crippen LogP contribution in [0.15, 0.2) is 0 Å². The fourth-order valence-corrected chi connectivity index (χ4v) is 1.35. The largest absolute Gasteiger partial charge is 0.307 e. The van der Waals surface area contributed by atoms with Gasteiger partial charge >= 0.3 is 0 Å². The highest BCUT2D eigenvalue weighted by Crippen LogP contribution is 2.47. The Kier molecular flexibility index (Phi) is 4.30. The van der Waals surface area contributed by atoms with Gasteiger partial charge in [-0.3, -0.25) is 9.59 Å². The van der Waals surface area contributed by atoms with E-state index in [2.05, 4.69) is 0 Å². The average molecular weight is 217 g/mol. The van der Waals surface area contributed by atoms with Crippen LogP contribution in [0.5, 0.6) is 0 Å². The van der Waals surface area contributed by atoms with E-state index in [1.807, 2.05) is 0 Å². The second kappa shape index (κ2) is 4.24. The van der Waals surface area contributed by atoms with E-state index in [1.54, 1.807) is 0 Å². The molecule has 0 aromatic rings. The van der Waals surface area contributed by atoms with Gasteiger partial charge in [0, 0.05) is 19.2 Å². The molecule has 6 heteroatoms. The number of hydrogen-bond acceptors (Lipinski definition) is 3. The molecular formula is C5H7Cl2O3P. The lowest BCUT2D eigenvalue weighted by Gasteiger charge is -1.99. The zero-order chi connectivity index (χ0) is 9.07. The maximum Gasteiger partial charge on any atom is 0.288 e. The van der Waals surface area contributed by atoms with Gasteiger partial charge in [0.25, 0.3) is 5.24 Å². The number of carbonyl (C=O) groups is 2. The zero-order valence-electron chi connectivity index (χ0n) is 5.84. The van der Waals surface area contributed by atoms with E-state index in [-0.39, 0.29) is 12.6 Å². The molecule has 0 saturated carbocycles. The minimum atomic E-state index is -2.72. The molecular weight excluding hydrogens is 210 g/mol. The van der Waals surface area contributed by atoms with Crippen molar-refractivity contribution in [3.63, 3.8) is 0 Å². The lowest BCUT2D eigenvalue weighted by Crippen LogP contribution is -2.07. The molecule has 64 valence electrons. The third-order valence-corrected chi connectivity index (χ3v) is 2.70. The van der Waals surface area contributed by atoms with Crippen molar-refractivity contribution in [1.82, 2.24) is 0 Å². The quantitative estimate of drug-likeness (QED) is 0.410. The van der Waals surface area contributed by atoms with Gasteiger partial charge in [0.05, 0.1) is 0 Å². The maximum absolute atomic E-state index is 10.8. The first-order valence-corrected chi connectivity index (χ1v) is 6.44. The Balaban J connectivity index is 3.82. The molecule has 1 unspecified atom stereocenters. The Morgan fingerprint density at radius 3 is 2.18 bits per heavy atom. The predicted molar refractivity (Wildman–Crippen MR) is 44.7 cm³/mol. The smallest absolute Gasteiger partial charge is 0.288 e. The summed E-state index contributed by atoms with van der Waals surface area (Å²) in [6.07, 6.45) is -0.120. The molecule has 0 aliphatic carbocycles. The third kappa shape index (κ3) is 6.54. The molecule has 0 bridgehead atoms. The zero-order valence-corrected chi connectivity index (χ0v) is 8.25. The first-order chi connectivity index (χ1) is 4.83. The van der Waals surface area contributed by atoms with Crippen LogP contribution in [0.1, 0.15) is 6.42 Å².